The van der Waals surface area contributed by atoms with Crippen LogP contribution in [0.2, 0.25) is 0 Å². The van der Waals surface area contributed by atoms with Crippen molar-refractivity contribution in [2.75, 3.05) is 13.7 Å². The monoisotopic (exact) mass is 412 g/mol. The van der Waals surface area contributed by atoms with Crippen LogP contribution in [0, 0.1) is 0 Å². The fourth-order valence-corrected chi connectivity index (χ4v) is 3.07. The summed E-state index contributed by atoms with van der Waals surface area (Å²) >= 11 is 8.47. The lowest BCUT2D eigenvalue weighted by atomic mass is 9.95. The number of benzene rings is 1. The molecule has 1 unspecified atom stereocenters. The maximum Gasteiger partial charge on any atom is 0.338 e. The fraction of sp³-hybridized carbons (Fsp3) is 0.250. The number of phenolic OH excluding ortho intramolecular Hbond substituents is 1. The minimum absolute atomic E-state index is 0.0192. The molecule has 0 fully saturated rings. The number of ether oxygens (including phenoxy) is 2. The molecule has 0 bridgehead atoms. The molecule has 1 atom stereocenters. The Kier molecular flexibility index (Phi) is 5.84. The second-order valence-corrected chi connectivity index (χ2v) is 6.27. The van der Waals surface area contributed by atoms with E-state index in [4.69, 9.17) is 21.7 Å². The lowest BCUT2D eigenvalue weighted by Gasteiger charge is -2.30. The molecule has 8 heteroatoms. The molecule has 128 valence electrons. The van der Waals surface area contributed by atoms with E-state index in [1.807, 2.05) is 0 Å². The molecule has 6 nitrogen and oxygen atoms in total. The molecule has 1 aliphatic rings. The molecule has 24 heavy (non-hydrogen) atoms. The third-order valence-corrected chi connectivity index (χ3v) is 4.25. The van der Waals surface area contributed by atoms with Crippen molar-refractivity contribution < 1.29 is 19.4 Å². The van der Waals surface area contributed by atoms with Crippen molar-refractivity contribution in [3.8, 4) is 11.5 Å². The van der Waals surface area contributed by atoms with E-state index in [1.165, 1.54) is 13.2 Å². The first kappa shape index (κ1) is 18.3. The Labute approximate surface area is 153 Å². The number of phenols is 1. The minimum Gasteiger partial charge on any atom is -0.503 e. The van der Waals surface area contributed by atoms with Gasteiger partial charge in [-0.05, 0) is 52.8 Å². The molecule has 1 aromatic carbocycles. The van der Waals surface area contributed by atoms with Crippen LogP contribution in [0.4, 0.5) is 0 Å². The Morgan fingerprint density at radius 2 is 2.25 bits per heavy atom. The smallest absolute Gasteiger partial charge is 0.338 e. The van der Waals surface area contributed by atoms with Crippen molar-refractivity contribution in [1.29, 1.82) is 0 Å². The average Bonchev–Trinajstić information content (AvgIpc) is 2.54. The van der Waals surface area contributed by atoms with E-state index in [1.54, 1.807) is 19.1 Å². The molecule has 0 saturated carbocycles. The first-order valence-corrected chi connectivity index (χ1v) is 8.21. The summed E-state index contributed by atoms with van der Waals surface area (Å²) in [7, 11) is 1.45. The van der Waals surface area contributed by atoms with Gasteiger partial charge in [0.25, 0.3) is 0 Å². The van der Waals surface area contributed by atoms with Gasteiger partial charge in [-0.3, -0.25) is 0 Å². The van der Waals surface area contributed by atoms with Gasteiger partial charge in [-0.25, -0.2) is 4.79 Å². The van der Waals surface area contributed by atoms with Gasteiger partial charge >= 0.3 is 5.97 Å². The molecular weight excluding hydrogens is 396 g/mol. The highest BCUT2D eigenvalue weighted by Crippen LogP contribution is 2.39. The van der Waals surface area contributed by atoms with E-state index < -0.39 is 12.0 Å². The predicted octanol–water partition coefficient (Wildman–Crippen LogP) is 2.69. The lowest BCUT2D eigenvalue weighted by molar-refractivity contribution is -0.138. The van der Waals surface area contributed by atoms with Crippen LogP contribution in [-0.4, -0.2) is 29.9 Å². The number of hydrogen-bond donors (Lipinski definition) is 3. The first-order valence-electron chi connectivity index (χ1n) is 7.01. The number of nitrogens with one attached hydrogen (secondary N) is 2. The van der Waals surface area contributed by atoms with E-state index in [-0.39, 0.29) is 18.1 Å². The molecule has 3 N–H and O–H groups in total. The lowest BCUT2D eigenvalue weighted by Crippen LogP contribution is -2.45. The predicted molar refractivity (Wildman–Crippen MR) is 97.8 cm³/mol. The quantitative estimate of drug-likeness (QED) is 0.389. The van der Waals surface area contributed by atoms with E-state index in [0.717, 1.165) is 0 Å². The van der Waals surface area contributed by atoms with Gasteiger partial charge in [-0.15, -0.1) is 0 Å². The summed E-state index contributed by atoms with van der Waals surface area (Å²) in [5, 5.41) is 16.3. The van der Waals surface area contributed by atoms with Gasteiger partial charge in [-0.2, -0.15) is 0 Å². The molecule has 1 heterocycles. The summed E-state index contributed by atoms with van der Waals surface area (Å²) in [5.41, 5.74) is 1.68. The number of rotatable bonds is 5. The molecular formula is C16H17BrN2O4S. The fourth-order valence-electron chi connectivity index (χ4n) is 2.34. The Hall–Kier alpha value is -2.06. The highest BCUT2D eigenvalue weighted by Gasteiger charge is 2.31. The number of halogens is 1. The second kappa shape index (κ2) is 7.67. The van der Waals surface area contributed by atoms with Crippen molar-refractivity contribution in [3.05, 3.63) is 46.1 Å². The molecule has 0 amide bonds. The molecule has 1 aliphatic heterocycles. The number of aromatic hydroxyl groups is 1. The number of allylic oxidation sites excluding steroid dienone is 1. The van der Waals surface area contributed by atoms with Crippen LogP contribution in [0.3, 0.4) is 0 Å². The molecule has 0 radical (unpaired) electrons. The van der Waals surface area contributed by atoms with Crippen LogP contribution >= 0.6 is 28.1 Å². The molecule has 0 aliphatic carbocycles. The van der Waals surface area contributed by atoms with Crippen molar-refractivity contribution >= 4 is 39.2 Å². The maximum atomic E-state index is 12.4. The van der Waals surface area contributed by atoms with Crippen LogP contribution in [0.5, 0.6) is 11.5 Å². The van der Waals surface area contributed by atoms with Crippen LogP contribution in [0.15, 0.2) is 40.5 Å². The molecule has 1 aromatic rings. The van der Waals surface area contributed by atoms with Gasteiger partial charge in [0.05, 0.1) is 23.2 Å². The molecule has 0 aromatic heterocycles. The van der Waals surface area contributed by atoms with E-state index in [2.05, 4.69) is 33.1 Å². The van der Waals surface area contributed by atoms with Gasteiger partial charge in [-0.1, -0.05) is 12.7 Å². The standard InChI is InChI=1S/C16H17BrN2O4S/c1-4-5-23-15(21)12-8(2)18-16(24)19-13(12)9-6-10(17)14(20)11(7-9)22-3/h4,6-7,13,20H,1,5H2,2-3H3,(H2,18,19,24). The third-order valence-electron chi connectivity index (χ3n) is 3.43. The number of hydrogen-bond acceptors (Lipinski definition) is 5. The van der Waals surface area contributed by atoms with Crippen molar-refractivity contribution in [1.82, 2.24) is 10.6 Å². The van der Waals surface area contributed by atoms with E-state index in [9.17, 15) is 9.90 Å². The Morgan fingerprint density at radius 3 is 2.88 bits per heavy atom. The Morgan fingerprint density at radius 1 is 1.54 bits per heavy atom. The number of methoxy groups -OCH3 is 1. The Bertz CT molecular complexity index is 733. The van der Waals surface area contributed by atoms with Crippen molar-refractivity contribution in [2.24, 2.45) is 0 Å². The topological polar surface area (TPSA) is 79.8 Å². The van der Waals surface area contributed by atoms with Crippen LogP contribution in [0.1, 0.15) is 18.5 Å². The largest absolute Gasteiger partial charge is 0.503 e. The van der Waals surface area contributed by atoms with E-state index >= 15 is 0 Å². The van der Waals surface area contributed by atoms with Crippen LogP contribution < -0.4 is 15.4 Å². The highest BCUT2D eigenvalue weighted by atomic mass is 79.9. The highest BCUT2D eigenvalue weighted by molar-refractivity contribution is 9.10. The van der Waals surface area contributed by atoms with Gasteiger partial charge in [0.1, 0.15) is 6.61 Å². The van der Waals surface area contributed by atoms with Gasteiger partial charge < -0.3 is 25.2 Å². The normalized spacial score (nSPS) is 17.0. The zero-order valence-electron chi connectivity index (χ0n) is 13.2. The summed E-state index contributed by atoms with van der Waals surface area (Å²) < 4.78 is 10.8. The zero-order valence-corrected chi connectivity index (χ0v) is 15.6. The molecule has 2 rings (SSSR count). The minimum atomic E-state index is -0.540. The van der Waals surface area contributed by atoms with Gasteiger partial charge in [0.2, 0.25) is 0 Å². The van der Waals surface area contributed by atoms with Gasteiger partial charge in [0.15, 0.2) is 16.6 Å². The van der Waals surface area contributed by atoms with Gasteiger partial charge in [0, 0.05) is 5.70 Å². The number of carbonyl (C=O) groups is 1. The van der Waals surface area contributed by atoms with E-state index in [0.29, 0.717) is 26.4 Å². The first-order chi connectivity index (χ1) is 11.4. The van der Waals surface area contributed by atoms with Crippen LogP contribution in [0.25, 0.3) is 0 Å². The number of esters is 1. The number of thiocarbonyl (C=S) groups is 1. The SMILES string of the molecule is C=CCOC(=O)C1=C(C)NC(=S)NC1c1cc(Br)c(O)c(OC)c1. The molecule has 0 spiro atoms. The molecule has 0 saturated heterocycles. The third kappa shape index (κ3) is 3.70. The van der Waals surface area contributed by atoms with Crippen LogP contribution in [-0.2, 0) is 9.53 Å². The summed E-state index contributed by atoms with van der Waals surface area (Å²) in [6.07, 6.45) is 1.50. The second-order valence-electron chi connectivity index (χ2n) is 5.01. The zero-order chi connectivity index (χ0) is 17.9. The summed E-state index contributed by atoms with van der Waals surface area (Å²) in [5.74, 6) is -0.223. The average molecular weight is 413 g/mol. The maximum absolute atomic E-state index is 12.4. The van der Waals surface area contributed by atoms with Crippen molar-refractivity contribution in [3.63, 3.8) is 0 Å². The Balaban J connectivity index is 2.50. The van der Waals surface area contributed by atoms with Crippen molar-refractivity contribution in [2.45, 2.75) is 13.0 Å². The number of carbonyl (C=O) groups excluding carboxylic acids is 1. The summed E-state index contributed by atoms with van der Waals surface area (Å²) in [6, 6.07) is 2.79. The summed E-state index contributed by atoms with van der Waals surface area (Å²) in [6.45, 7) is 5.39. The summed E-state index contributed by atoms with van der Waals surface area (Å²) in [4.78, 5) is 12.4.